The maximum Gasteiger partial charge on any atom is 0.191 e. The number of aliphatic hydroxyl groups excluding tert-OH is 1. The van der Waals surface area contributed by atoms with Gasteiger partial charge in [-0.1, -0.05) is 30.3 Å². The second-order valence-electron chi connectivity index (χ2n) is 5.87. The number of guanidine groups is 1. The van der Waals surface area contributed by atoms with Gasteiger partial charge in [-0.15, -0.1) is 24.0 Å². The minimum atomic E-state index is -0.202. The summed E-state index contributed by atoms with van der Waals surface area (Å²) in [7, 11) is 0. The molecule has 4 nitrogen and oxygen atoms in total. The highest BCUT2D eigenvalue weighted by molar-refractivity contribution is 14.0. The number of aliphatic imine (C=N–C) groups is 1. The van der Waals surface area contributed by atoms with Gasteiger partial charge in [0.25, 0.3) is 0 Å². The SMILES string of the molecule is CCNC(=NCc1ccccc1CO)NCCc1ccc(F)cc1C.I. The van der Waals surface area contributed by atoms with Gasteiger partial charge in [0.15, 0.2) is 5.96 Å². The van der Waals surface area contributed by atoms with Crippen molar-refractivity contribution in [3.63, 3.8) is 0 Å². The minimum Gasteiger partial charge on any atom is -0.392 e. The number of halogens is 2. The maximum atomic E-state index is 13.2. The molecule has 3 N–H and O–H groups in total. The summed E-state index contributed by atoms with van der Waals surface area (Å²) in [5.74, 6) is 0.529. The van der Waals surface area contributed by atoms with Crippen molar-refractivity contribution in [1.29, 1.82) is 0 Å². The summed E-state index contributed by atoms with van der Waals surface area (Å²) in [5.41, 5.74) is 3.98. The lowest BCUT2D eigenvalue weighted by Crippen LogP contribution is -2.38. The van der Waals surface area contributed by atoms with Crippen LogP contribution in [0.4, 0.5) is 4.39 Å². The molecule has 2 rings (SSSR count). The van der Waals surface area contributed by atoms with Crippen LogP contribution in [0.1, 0.15) is 29.2 Å². The molecule has 6 heteroatoms. The Morgan fingerprint density at radius 2 is 1.81 bits per heavy atom. The van der Waals surface area contributed by atoms with Crippen molar-refractivity contribution in [1.82, 2.24) is 10.6 Å². The molecule has 0 saturated heterocycles. The third-order valence-electron chi connectivity index (χ3n) is 4.03. The van der Waals surface area contributed by atoms with E-state index in [9.17, 15) is 9.50 Å². The Labute approximate surface area is 172 Å². The van der Waals surface area contributed by atoms with Gasteiger partial charge in [0.1, 0.15) is 5.82 Å². The number of rotatable bonds is 7. The quantitative estimate of drug-likeness (QED) is 0.329. The molecule has 0 radical (unpaired) electrons. The monoisotopic (exact) mass is 471 g/mol. The van der Waals surface area contributed by atoms with Crippen LogP contribution in [0.5, 0.6) is 0 Å². The van der Waals surface area contributed by atoms with Crippen molar-refractivity contribution in [3.05, 3.63) is 70.5 Å². The van der Waals surface area contributed by atoms with E-state index in [1.807, 2.05) is 44.2 Å². The van der Waals surface area contributed by atoms with E-state index in [4.69, 9.17) is 0 Å². The Hall–Kier alpha value is -1.67. The zero-order valence-corrected chi connectivity index (χ0v) is 17.6. The van der Waals surface area contributed by atoms with Crippen LogP contribution in [0.3, 0.4) is 0 Å². The van der Waals surface area contributed by atoms with Crippen LogP contribution in [0.2, 0.25) is 0 Å². The molecule has 0 amide bonds. The zero-order valence-electron chi connectivity index (χ0n) is 15.3. The Balaban J connectivity index is 0.00000338. The summed E-state index contributed by atoms with van der Waals surface area (Å²) in [6.07, 6.45) is 0.795. The number of aliphatic hydroxyl groups is 1. The number of aryl methyl sites for hydroxylation is 1. The lowest BCUT2D eigenvalue weighted by Gasteiger charge is -2.13. The van der Waals surface area contributed by atoms with E-state index in [-0.39, 0.29) is 36.4 Å². The van der Waals surface area contributed by atoms with Gasteiger partial charge in [-0.25, -0.2) is 9.38 Å². The van der Waals surface area contributed by atoms with E-state index < -0.39 is 0 Å². The van der Waals surface area contributed by atoms with Gasteiger partial charge in [-0.05, 0) is 54.7 Å². The van der Waals surface area contributed by atoms with Crippen LogP contribution in [-0.4, -0.2) is 24.2 Å². The molecule has 0 unspecified atom stereocenters. The number of hydrogen-bond acceptors (Lipinski definition) is 2. The molecule has 0 aliphatic rings. The minimum absolute atomic E-state index is 0. The van der Waals surface area contributed by atoms with Crippen LogP contribution in [0, 0.1) is 12.7 Å². The molecular weight excluding hydrogens is 444 g/mol. The molecule has 0 aliphatic carbocycles. The molecule has 0 fully saturated rings. The van der Waals surface area contributed by atoms with Crippen molar-refractivity contribution < 1.29 is 9.50 Å². The first-order chi connectivity index (χ1) is 12.1. The van der Waals surface area contributed by atoms with E-state index in [2.05, 4.69) is 15.6 Å². The molecule has 0 atom stereocenters. The first-order valence-electron chi connectivity index (χ1n) is 8.59. The van der Waals surface area contributed by atoms with Crippen molar-refractivity contribution in [2.45, 2.75) is 33.4 Å². The van der Waals surface area contributed by atoms with Crippen LogP contribution in [0.25, 0.3) is 0 Å². The zero-order chi connectivity index (χ0) is 18.1. The summed E-state index contributed by atoms with van der Waals surface area (Å²) in [4.78, 5) is 4.58. The Morgan fingerprint density at radius 1 is 1.08 bits per heavy atom. The summed E-state index contributed by atoms with van der Waals surface area (Å²) in [5, 5.41) is 15.9. The number of nitrogens with one attached hydrogen (secondary N) is 2. The van der Waals surface area contributed by atoms with Gasteiger partial charge < -0.3 is 15.7 Å². The lowest BCUT2D eigenvalue weighted by molar-refractivity contribution is 0.280. The van der Waals surface area contributed by atoms with Crippen LogP contribution in [-0.2, 0) is 19.6 Å². The second-order valence-corrected chi connectivity index (χ2v) is 5.87. The van der Waals surface area contributed by atoms with Crippen molar-refractivity contribution in [3.8, 4) is 0 Å². The van der Waals surface area contributed by atoms with E-state index in [0.717, 1.165) is 41.2 Å². The van der Waals surface area contributed by atoms with Gasteiger partial charge in [-0.3, -0.25) is 0 Å². The Kier molecular flexibility index (Phi) is 10.2. The standard InChI is InChI=1S/C20H26FN3O.HI/c1-3-22-20(24-13-17-6-4-5-7-18(17)14-25)23-11-10-16-8-9-19(21)12-15(16)2;/h4-9,12,25H,3,10-11,13-14H2,1-2H3,(H2,22,23,24);1H. The molecule has 2 aromatic carbocycles. The van der Waals surface area contributed by atoms with Crippen molar-refractivity contribution in [2.24, 2.45) is 4.99 Å². The fourth-order valence-electron chi connectivity index (χ4n) is 2.63. The molecule has 0 heterocycles. The first-order valence-corrected chi connectivity index (χ1v) is 8.59. The van der Waals surface area contributed by atoms with E-state index in [1.165, 1.54) is 6.07 Å². The van der Waals surface area contributed by atoms with Gasteiger partial charge in [-0.2, -0.15) is 0 Å². The average Bonchev–Trinajstić information content (AvgIpc) is 2.61. The van der Waals surface area contributed by atoms with Gasteiger partial charge in [0.05, 0.1) is 13.2 Å². The van der Waals surface area contributed by atoms with E-state index in [0.29, 0.717) is 13.1 Å². The fourth-order valence-corrected chi connectivity index (χ4v) is 2.63. The fraction of sp³-hybridized carbons (Fsp3) is 0.350. The highest BCUT2D eigenvalue weighted by Gasteiger charge is 2.03. The van der Waals surface area contributed by atoms with Gasteiger partial charge >= 0.3 is 0 Å². The summed E-state index contributed by atoms with van der Waals surface area (Å²) >= 11 is 0. The molecule has 0 saturated carbocycles. The molecule has 2 aromatic rings. The normalized spacial score (nSPS) is 11.0. The third-order valence-corrected chi connectivity index (χ3v) is 4.03. The molecule has 26 heavy (non-hydrogen) atoms. The average molecular weight is 471 g/mol. The second kappa shape index (κ2) is 11.9. The summed E-state index contributed by atoms with van der Waals surface area (Å²) in [6, 6.07) is 12.6. The molecule has 0 spiro atoms. The lowest BCUT2D eigenvalue weighted by atomic mass is 10.1. The number of hydrogen-bond donors (Lipinski definition) is 3. The van der Waals surface area contributed by atoms with Crippen LogP contribution in [0.15, 0.2) is 47.5 Å². The van der Waals surface area contributed by atoms with E-state index >= 15 is 0 Å². The Morgan fingerprint density at radius 3 is 2.46 bits per heavy atom. The highest BCUT2D eigenvalue weighted by Crippen LogP contribution is 2.11. The smallest absolute Gasteiger partial charge is 0.191 e. The van der Waals surface area contributed by atoms with Gasteiger partial charge in [0.2, 0.25) is 0 Å². The highest BCUT2D eigenvalue weighted by atomic mass is 127. The largest absolute Gasteiger partial charge is 0.392 e. The molecule has 142 valence electrons. The Bertz CT molecular complexity index is 722. The molecule has 0 aromatic heterocycles. The maximum absolute atomic E-state index is 13.2. The summed E-state index contributed by atoms with van der Waals surface area (Å²) < 4.78 is 13.2. The topological polar surface area (TPSA) is 56.7 Å². The van der Waals surface area contributed by atoms with Crippen LogP contribution >= 0.6 is 24.0 Å². The molecule has 0 aliphatic heterocycles. The van der Waals surface area contributed by atoms with Crippen LogP contribution < -0.4 is 10.6 Å². The molecular formula is C20H27FIN3O. The predicted octanol–water partition coefficient (Wildman–Crippen LogP) is 3.54. The first kappa shape index (κ1) is 22.4. The van der Waals surface area contributed by atoms with Crippen molar-refractivity contribution >= 4 is 29.9 Å². The van der Waals surface area contributed by atoms with Gasteiger partial charge in [0, 0.05) is 13.1 Å². The molecule has 0 bridgehead atoms. The summed E-state index contributed by atoms with van der Waals surface area (Å²) in [6.45, 7) is 5.93. The van der Waals surface area contributed by atoms with E-state index in [1.54, 1.807) is 6.07 Å². The number of benzene rings is 2. The number of nitrogens with zero attached hydrogens (tertiary/aromatic N) is 1. The predicted molar refractivity (Wildman–Crippen MR) is 115 cm³/mol. The van der Waals surface area contributed by atoms with Crippen molar-refractivity contribution in [2.75, 3.05) is 13.1 Å². The third kappa shape index (κ3) is 6.92.